The van der Waals surface area contributed by atoms with Gasteiger partial charge in [0.1, 0.15) is 5.69 Å². The monoisotopic (exact) mass is 386 g/mol. The van der Waals surface area contributed by atoms with E-state index in [1.807, 2.05) is 18.2 Å². The Bertz CT molecular complexity index is 918. The minimum absolute atomic E-state index is 0.105. The lowest BCUT2D eigenvalue weighted by atomic mass is 9.95. The Hall–Kier alpha value is -2.44. The first kappa shape index (κ1) is 18.9. The van der Waals surface area contributed by atoms with E-state index in [9.17, 15) is 13.2 Å². The predicted molar refractivity (Wildman–Crippen MR) is 102 cm³/mol. The molecule has 0 fully saturated rings. The molecule has 0 radical (unpaired) electrons. The van der Waals surface area contributed by atoms with Crippen molar-refractivity contribution < 1.29 is 17.9 Å². The van der Waals surface area contributed by atoms with Gasteiger partial charge in [-0.3, -0.25) is 4.98 Å². The lowest BCUT2D eigenvalue weighted by Gasteiger charge is -2.14. The zero-order valence-electron chi connectivity index (χ0n) is 15.3. The molecule has 0 amide bonds. The van der Waals surface area contributed by atoms with E-state index in [2.05, 4.69) is 28.5 Å². The number of hydrogen-bond acceptors (Lipinski definition) is 3. The molecule has 0 spiro atoms. The van der Waals surface area contributed by atoms with Gasteiger partial charge in [0.2, 0.25) is 0 Å². The molecule has 6 heteroatoms. The highest BCUT2D eigenvalue weighted by atomic mass is 19.4. The normalized spacial score (nSPS) is 18.8. The average molecular weight is 386 g/mol. The number of rotatable bonds is 5. The fourth-order valence-electron chi connectivity index (χ4n) is 3.68. The molecule has 1 unspecified atom stereocenters. The van der Waals surface area contributed by atoms with Gasteiger partial charge in [-0.05, 0) is 52.8 Å². The highest BCUT2D eigenvalue weighted by molar-refractivity contribution is 5.69. The number of hydrogen-bond donors (Lipinski definition) is 1. The second kappa shape index (κ2) is 7.89. The maximum Gasteiger partial charge on any atom is 0.433 e. The molecule has 4 rings (SSSR count). The summed E-state index contributed by atoms with van der Waals surface area (Å²) in [7, 11) is 0. The van der Waals surface area contributed by atoms with Crippen molar-refractivity contribution in [1.82, 2.24) is 10.3 Å². The van der Waals surface area contributed by atoms with E-state index in [0.29, 0.717) is 18.7 Å². The Morgan fingerprint density at radius 2 is 2.07 bits per heavy atom. The summed E-state index contributed by atoms with van der Waals surface area (Å²) in [6, 6.07) is 8.41. The van der Waals surface area contributed by atoms with Gasteiger partial charge >= 0.3 is 6.18 Å². The van der Waals surface area contributed by atoms with Gasteiger partial charge in [-0.2, -0.15) is 13.2 Å². The van der Waals surface area contributed by atoms with E-state index in [1.165, 1.54) is 11.8 Å². The summed E-state index contributed by atoms with van der Waals surface area (Å²) in [4.78, 5) is 3.45. The first-order valence-electron chi connectivity index (χ1n) is 9.35. The van der Waals surface area contributed by atoms with E-state index in [1.54, 1.807) is 6.07 Å². The molecule has 0 saturated carbocycles. The Morgan fingerprint density at radius 1 is 1.18 bits per heavy atom. The van der Waals surface area contributed by atoms with E-state index in [0.717, 1.165) is 42.1 Å². The van der Waals surface area contributed by atoms with Crippen LogP contribution in [0.25, 0.3) is 11.1 Å². The Morgan fingerprint density at radius 3 is 2.86 bits per heavy atom. The summed E-state index contributed by atoms with van der Waals surface area (Å²) in [5.41, 5.74) is 3.65. The molecule has 2 aromatic rings. The summed E-state index contributed by atoms with van der Waals surface area (Å²) >= 11 is 0. The highest BCUT2D eigenvalue weighted by Gasteiger charge is 2.33. The van der Waals surface area contributed by atoms with Gasteiger partial charge in [-0.15, -0.1) is 0 Å². The predicted octanol–water partition coefficient (Wildman–Crippen LogP) is 5.20. The van der Waals surface area contributed by atoms with Crippen molar-refractivity contribution in [3.05, 3.63) is 77.2 Å². The molecule has 0 bridgehead atoms. The number of alkyl halides is 3. The zero-order chi connectivity index (χ0) is 19.6. The highest BCUT2D eigenvalue weighted by Crippen LogP contribution is 2.38. The van der Waals surface area contributed by atoms with Crippen LogP contribution in [0.1, 0.15) is 35.8 Å². The lowest BCUT2D eigenvalue weighted by molar-refractivity contribution is -0.141. The van der Waals surface area contributed by atoms with Gasteiger partial charge in [0.25, 0.3) is 0 Å². The Labute approximate surface area is 161 Å². The largest absolute Gasteiger partial charge is 0.433 e. The molecule has 2 aliphatic rings. The number of ether oxygens (including phenoxy) is 1. The quantitative estimate of drug-likeness (QED) is 0.767. The third-order valence-corrected chi connectivity index (χ3v) is 5.08. The van der Waals surface area contributed by atoms with E-state index in [4.69, 9.17) is 4.74 Å². The van der Waals surface area contributed by atoms with Crippen molar-refractivity contribution in [1.29, 1.82) is 0 Å². The van der Waals surface area contributed by atoms with E-state index in [-0.39, 0.29) is 6.10 Å². The van der Waals surface area contributed by atoms with Gasteiger partial charge in [-0.1, -0.05) is 36.4 Å². The first-order chi connectivity index (χ1) is 13.5. The molecule has 1 aliphatic heterocycles. The molecule has 1 aromatic heterocycles. The zero-order valence-corrected chi connectivity index (χ0v) is 15.3. The second-order valence-electron chi connectivity index (χ2n) is 6.99. The van der Waals surface area contributed by atoms with Crippen molar-refractivity contribution >= 4 is 0 Å². The van der Waals surface area contributed by atoms with Crippen LogP contribution in [0.2, 0.25) is 0 Å². The average Bonchev–Trinajstić information content (AvgIpc) is 3.11. The van der Waals surface area contributed by atoms with E-state index >= 15 is 0 Å². The van der Waals surface area contributed by atoms with Gasteiger partial charge in [0, 0.05) is 19.3 Å². The third-order valence-electron chi connectivity index (χ3n) is 5.08. The molecule has 1 N–H and O–H groups in total. The van der Waals surface area contributed by atoms with Crippen molar-refractivity contribution in [2.45, 2.75) is 31.7 Å². The number of pyridine rings is 1. The van der Waals surface area contributed by atoms with Crippen LogP contribution in [-0.2, 0) is 17.5 Å². The van der Waals surface area contributed by atoms with Gasteiger partial charge in [0.05, 0.1) is 12.7 Å². The molecule has 2 heterocycles. The summed E-state index contributed by atoms with van der Waals surface area (Å²) in [6.45, 7) is 1.83. The van der Waals surface area contributed by atoms with Crippen LogP contribution in [0.3, 0.4) is 0 Å². The summed E-state index contributed by atoms with van der Waals surface area (Å²) in [5.74, 6) is 0. The van der Waals surface area contributed by atoms with Crippen molar-refractivity contribution in [3.63, 3.8) is 0 Å². The number of aromatic nitrogens is 1. The molecule has 0 saturated heterocycles. The first-order valence-corrected chi connectivity index (χ1v) is 9.35. The molecule has 1 aliphatic carbocycles. The van der Waals surface area contributed by atoms with Crippen molar-refractivity contribution in [2.24, 2.45) is 0 Å². The molecule has 3 nitrogen and oxygen atoms in total. The standard InChI is InChI=1S/C22H21F3N2O/c23-22(24,25)21-11-16(9-10-27-21)17-7-4-8-18-19(17)14-28-20(18)13-26-12-15-5-2-1-3-6-15/h2,4-11,20,26H,1,3,12-14H2. The molecular formula is C22H21F3N2O. The number of fused-ring (bicyclic) bond motifs is 1. The molecule has 1 aromatic carbocycles. The summed E-state index contributed by atoms with van der Waals surface area (Å²) in [6.07, 6.45) is 5.36. The minimum Gasteiger partial charge on any atom is -0.367 e. The maximum absolute atomic E-state index is 13.0. The number of nitrogens with zero attached hydrogens (tertiary/aromatic N) is 1. The van der Waals surface area contributed by atoms with Crippen LogP contribution in [0, 0.1) is 0 Å². The minimum atomic E-state index is -4.46. The second-order valence-corrected chi connectivity index (χ2v) is 6.99. The molecule has 1 atom stereocenters. The van der Waals surface area contributed by atoms with Crippen LogP contribution in [0.4, 0.5) is 13.2 Å². The summed E-state index contributed by atoms with van der Waals surface area (Å²) in [5, 5.41) is 3.42. The van der Waals surface area contributed by atoms with Crippen LogP contribution in [0.5, 0.6) is 0 Å². The van der Waals surface area contributed by atoms with Crippen molar-refractivity contribution in [2.75, 3.05) is 13.1 Å². The van der Waals surface area contributed by atoms with Crippen LogP contribution in [-0.4, -0.2) is 18.1 Å². The number of benzene rings is 1. The Kier molecular flexibility index (Phi) is 5.33. The third kappa shape index (κ3) is 4.03. The Balaban J connectivity index is 1.51. The number of halogens is 3. The fourth-order valence-corrected chi connectivity index (χ4v) is 3.68. The van der Waals surface area contributed by atoms with Crippen LogP contribution >= 0.6 is 0 Å². The summed E-state index contributed by atoms with van der Waals surface area (Å²) < 4.78 is 45.0. The van der Waals surface area contributed by atoms with Crippen LogP contribution < -0.4 is 5.32 Å². The SMILES string of the molecule is FC(F)(F)c1cc(-c2cccc3c2COC3CNCC2=CCCC=C2)ccn1. The van der Waals surface area contributed by atoms with Gasteiger partial charge in [-0.25, -0.2) is 0 Å². The maximum atomic E-state index is 13.0. The van der Waals surface area contributed by atoms with Crippen molar-refractivity contribution in [3.8, 4) is 11.1 Å². The van der Waals surface area contributed by atoms with Gasteiger partial charge < -0.3 is 10.1 Å². The van der Waals surface area contributed by atoms with E-state index < -0.39 is 11.9 Å². The topological polar surface area (TPSA) is 34.1 Å². The fraction of sp³-hybridized carbons (Fsp3) is 0.318. The smallest absolute Gasteiger partial charge is 0.367 e. The number of allylic oxidation sites excluding steroid dienone is 2. The molecule has 146 valence electrons. The van der Waals surface area contributed by atoms with Gasteiger partial charge in [0.15, 0.2) is 0 Å². The molecular weight excluding hydrogens is 365 g/mol. The number of nitrogens with one attached hydrogen (secondary N) is 1. The van der Waals surface area contributed by atoms with Crippen LogP contribution in [0.15, 0.2) is 60.3 Å². The molecule has 28 heavy (non-hydrogen) atoms. The lowest BCUT2D eigenvalue weighted by Crippen LogP contribution is -2.23.